The van der Waals surface area contributed by atoms with Gasteiger partial charge in [0.2, 0.25) is 0 Å². The highest BCUT2D eigenvalue weighted by Crippen LogP contribution is 2.39. The summed E-state index contributed by atoms with van der Waals surface area (Å²) in [4.78, 5) is 0. The van der Waals surface area contributed by atoms with Gasteiger partial charge < -0.3 is 19.7 Å². The number of hydrogen-bond acceptors (Lipinski definition) is 4. The molecule has 14 heavy (non-hydrogen) atoms. The zero-order valence-electron chi connectivity index (χ0n) is 8.80. The number of fused-ring (bicyclic) bond motifs is 1. The molecule has 4 nitrogen and oxygen atoms in total. The van der Waals surface area contributed by atoms with Gasteiger partial charge in [0, 0.05) is 0 Å². The summed E-state index contributed by atoms with van der Waals surface area (Å²) in [7, 11) is 0. The molecule has 0 aromatic heterocycles. The van der Waals surface area contributed by atoms with Crippen LogP contribution in [-0.4, -0.2) is 40.4 Å². The first-order chi connectivity index (χ1) is 6.41. The standard InChI is InChI=1S/C10H18O4/c1-5-4-6(11)7(12)9-8(5)13-10(2,3)14-9/h5-9,11-12H,4H2,1-3H3/t5-,6+,7+,8+,9-/m0/s1. The lowest BCUT2D eigenvalue weighted by Gasteiger charge is -2.35. The van der Waals surface area contributed by atoms with Crippen molar-refractivity contribution in [3.05, 3.63) is 0 Å². The van der Waals surface area contributed by atoms with Crippen molar-refractivity contribution >= 4 is 0 Å². The molecule has 2 rings (SSSR count). The Morgan fingerprint density at radius 3 is 2.36 bits per heavy atom. The Labute approximate surface area is 83.8 Å². The van der Waals surface area contributed by atoms with E-state index in [0.717, 1.165) is 0 Å². The fourth-order valence-electron chi connectivity index (χ4n) is 2.39. The first-order valence-corrected chi connectivity index (χ1v) is 5.12. The predicted molar refractivity (Wildman–Crippen MR) is 49.6 cm³/mol. The van der Waals surface area contributed by atoms with Gasteiger partial charge in [-0.05, 0) is 26.2 Å². The van der Waals surface area contributed by atoms with Crippen LogP contribution < -0.4 is 0 Å². The van der Waals surface area contributed by atoms with Gasteiger partial charge in [0.1, 0.15) is 12.2 Å². The molecule has 2 N–H and O–H groups in total. The van der Waals surface area contributed by atoms with E-state index in [0.29, 0.717) is 6.42 Å². The van der Waals surface area contributed by atoms with Gasteiger partial charge in [-0.2, -0.15) is 0 Å². The summed E-state index contributed by atoms with van der Waals surface area (Å²) in [6.07, 6.45) is -1.42. The van der Waals surface area contributed by atoms with E-state index in [1.54, 1.807) is 0 Å². The normalized spacial score (nSPS) is 51.6. The molecule has 0 unspecified atom stereocenters. The largest absolute Gasteiger partial charge is 0.390 e. The summed E-state index contributed by atoms with van der Waals surface area (Å²) in [6, 6.07) is 0. The van der Waals surface area contributed by atoms with Gasteiger partial charge in [-0.15, -0.1) is 0 Å². The molecule has 1 aliphatic carbocycles. The fourth-order valence-corrected chi connectivity index (χ4v) is 2.39. The third-order valence-corrected chi connectivity index (χ3v) is 3.07. The smallest absolute Gasteiger partial charge is 0.163 e. The van der Waals surface area contributed by atoms with Gasteiger partial charge in [0.25, 0.3) is 0 Å². The average Bonchev–Trinajstić information content (AvgIpc) is 2.38. The van der Waals surface area contributed by atoms with E-state index in [4.69, 9.17) is 9.47 Å². The summed E-state index contributed by atoms with van der Waals surface area (Å²) in [5, 5.41) is 19.3. The Bertz CT molecular complexity index is 228. The van der Waals surface area contributed by atoms with E-state index < -0.39 is 18.0 Å². The highest BCUT2D eigenvalue weighted by Gasteiger charge is 2.52. The molecule has 1 saturated carbocycles. The number of rotatable bonds is 0. The molecule has 0 radical (unpaired) electrons. The maximum atomic E-state index is 9.74. The third-order valence-electron chi connectivity index (χ3n) is 3.07. The molecule has 1 aliphatic heterocycles. The second-order valence-corrected chi connectivity index (χ2v) is 4.84. The summed E-state index contributed by atoms with van der Waals surface area (Å²) >= 11 is 0. The SMILES string of the molecule is C[C@H]1C[C@@H](O)[C@@H](O)[C@@H]2OC(C)(C)O[C@@H]21. The van der Waals surface area contributed by atoms with Gasteiger partial charge in [-0.3, -0.25) is 0 Å². The highest BCUT2D eigenvalue weighted by molar-refractivity contribution is 4.97. The molecule has 0 amide bonds. The topological polar surface area (TPSA) is 58.9 Å². The molecule has 1 saturated heterocycles. The van der Waals surface area contributed by atoms with Crippen molar-refractivity contribution in [2.45, 2.75) is 57.4 Å². The first-order valence-electron chi connectivity index (χ1n) is 5.12. The van der Waals surface area contributed by atoms with Crippen molar-refractivity contribution in [3.63, 3.8) is 0 Å². The minimum Gasteiger partial charge on any atom is -0.390 e. The van der Waals surface area contributed by atoms with Crippen LogP contribution in [0.4, 0.5) is 0 Å². The molecule has 2 fully saturated rings. The monoisotopic (exact) mass is 202 g/mol. The van der Waals surface area contributed by atoms with Gasteiger partial charge in [-0.1, -0.05) is 6.92 Å². The molecule has 2 aliphatic rings. The minimum absolute atomic E-state index is 0.0941. The van der Waals surface area contributed by atoms with Crippen LogP contribution in [0.3, 0.4) is 0 Å². The molecule has 0 spiro atoms. The van der Waals surface area contributed by atoms with Crippen molar-refractivity contribution in [2.75, 3.05) is 0 Å². The van der Waals surface area contributed by atoms with Crippen LogP contribution in [0.15, 0.2) is 0 Å². The molecule has 4 heteroatoms. The molecule has 82 valence electrons. The second-order valence-electron chi connectivity index (χ2n) is 4.84. The zero-order chi connectivity index (χ0) is 10.5. The van der Waals surface area contributed by atoms with Crippen molar-refractivity contribution in [3.8, 4) is 0 Å². The van der Waals surface area contributed by atoms with Gasteiger partial charge in [0.15, 0.2) is 5.79 Å². The lowest BCUT2D eigenvalue weighted by Crippen LogP contribution is -2.51. The van der Waals surface area contributed by atoms with Crippen LogP contribution >= 0.6 is 0 Å². The number of ether oxygens (including phenoxy) is 2. The Morgan fingerprint density at radius 1 is 1.14 bits per heavy atom. The van der Waals surface area contributed by atoms with Crippen LogP contribution in [0.2, 0.25) is 0 Å². The van der Waals surface area contributed by atoms with E-state index in [1.807, 2.05) is 20.8 Å². The lowest BCUT2D eigenvalue weighted by molar-refractivity contribution is -0.159. The summed E-state index contributed by atoms with van der Waals surface area (Å²) in [5.41, 5.74) is 0. The van der Waals surface area contributed by atoms with Crippen LogP contribution in [0, 0.1) is 5.92 Å². The quantitative estimate of drug-likeness (QED) is 0.592. The first kappa shape index (κ1) is 10.4. The van der Waals surface area contributed by atoms with Crippen LogP contribution in [0.25, 0.3) is 0 Å². The van der Waals surface area contributed by atoms with E-state index in [-0.39, 0.29) is 18.1 Å². The molecule has 0 aromatic rings. The maximum absolute atomic E-state index is 9.74. The Hall–Kier alpha value is -0.160. The molecular weight excluding hydrogens is 184 g/mol. The van der Waals surface area contributed by atoms with E-state index >= 15 is 0 Å². The number of hydrogen-bond donors (Lipinski definition) is 2. The molecule has 1 heterocycles. The molecule has 5 atom stereocenters. The molecule has 0 bridgehead atoms. The third kappa shape index (κ3) is 1.56. The molecular formula is C10H18O4. The maximum Gasteiger partial charge on any atom is 0.163 e. The number of aliphatic hydroxyl groups excluding tert-OH is 2. The lowest BCUT2D eigenvalue weighted by atomic mass is 9.82. The molecule has 0 aromatic carbocycles. The van der Waals surface area contributed by atoms with Crippen LogP contribution in [0.1, 0.15) is 27.2 Å². The van der Waals surface area contributed by atoms with Gasteiger partial charge >= 0.3 is 0 Å². The highest BCUT2D eigenvalue weighted by atomic mass is 16.8. The summed E-state index contributed by atoms with van der Waals surface area (Å²) < 4.78 is 11.3. The van der Waals surface area contributed by atoms with Crippen LogP contribution in [0.5, 0.6) is 0 Å². The van der Waals surface area contributed by atoms with Gasteiger partial charge in [0.05, 0.1) is 12.2 Å². The summed E-state index contributed by atoms with van der Waals surface area (Å²) in [6.45, 7) is 5.67. The van der Waals surface area contributed by atoms with E-state index in [9.17, 15) is 10.2 Å². The summed E-state index contributed by atoms with van der Waals surface area (Å²) in [5.74, 6) is -0.422. The Morgan fingerprint density at radius 2 is 1.71 bits per heavy atom. The second kappa shape index (κ2) is 3.17. The minimum atomic E-state index is -0.821. The van der Waals surface area contributed by atoms with Gasteiger partial charge in [-0.25, -0.2) is 0 Å². The predicted octanol–water partition coefficient (Wildman–Crippen LogP) is 0.268. The fraction of sp³-hybridized carbons (Fsp3) is 1.00. The van der Waals surface area contributed by atoms with Crippen LogP contribution in [-0.2, 0) is 9.47 Å². The van der Waals surface area contributed by atoms with E-state index in [2.05, 4.69) is 0 Å². The van der Waals surface area contributed by atoms with Crippen molar-refractivity contribution in [2.24, 2.45) is 5.92 Å². The average molecular weight is 202 g/mol. The van der Waals surface area contributed by atoms with E-state index in [1.165, 1.54) is 0 Å². The van der Waals surface area contributed by atoms with Crippen molar-refractivity contribution in [1.82, 2.24) is 0 Å². The zero-order valence-corrected chi connectivity index (χ0v) is 8.80. The Kier molecular flexibility index (Phi) is 2.34. The number of aliphatic hydroxyl groups is 2. The van der Waals surface area contributed by atoms with Crippen molar-refractivity contribution in [1.29, 1.82) is 0 Å². The Balaban J connectivity index is 2.18. The van der Waals surface area contributed by atoms with Crippen molar-refractivity contribution < 1.29 is 19.7 Å².